The quantitative estimate of drug-likeness (QED) is 0.633. The van der Waals surface area contributed by atoms with Crippen molar-refractivity contribution in [3.63, 3.8) is 0 Å². The van der Waals surface area contributed by atoms with Gasteiger partial charge in [0.05, 0.1) is 10.4 Å². The normalized spacial score (nSPS) is 11.5. The standard InChI is InChI=1S/C19H17ClN2O2/c1-19(2,11-21)17-10-14(12-5-7-22-8-6-12)18(24-17)13-3-4-15(20)16(23)9-13/h3-11,21,23H,1-2H3. The van der Waals surface area contributed by atoms with E-state index in [1.54, 1.807) is 30.6 Å². The number of phenols is 1. The van der Waals surface area contributed by atoms with Gasteiger partial charge in [0.15, 0.2) is 0 Å². The van der Waals surface area contributed by atoms with Crippen molar-refractivity contribution in [2.24, 2.45) is 0 Å². The molecule has 122 valence electrons. The van der Waals surface area contributed by atoms with Gasteiger partial charge in [-0.15, -0.1) is 0 Å². The minimum atomic E-state index is -0.533. The molecule has 0 aliphatic rings. The lowest BCUT2D eigenvalue weighted by Crippen LogP contribution is -2.16. The van der Waals surface area contributed by atoms with E-state index in [0.29, 0.717) is 11.5 Å². The van der Waals surface area contributed by atoms with Crippen molar-refractivity contribution < 1.29 is 9.52 Å². The molecule has 4 nitrogen and oxygen atoms in total. The largest absolute Gasteiger partial charge is 0.506 e. The van der Waals surface area contributed by atoms with Crippen molar-refractivity contribution >= 4 is 17.8 Å². The van der Waals surface area contributed by atoms with Crippen molar-refractivity contribution in [2.45, 2.75) is 19.3 Å². The second-order valence-corrected chi connectivity index (χ2v) is 6.53. The molecular weight excluding hydrogens is 324 g/mol. The molecule has 0 unspecified atom stereocenters. The second-order valence-electron chi connectivity index (χ2n) is 6.12. The van der Waals surface area contributed by atoms with Crippen LogP contribution in [-0.2, 0) is 5.41 Å². The Morgan fingerprint density at radius 3 is 2.46 bits per heavy atom. The number of aromatic hydroxyl groups is 1. The Hall–Kier alpha value is -2.59. The summed E-state index contributed by atoms with van der Waals surface area (Å²) >= 11 is 5.91. The molecule has 0 amide bonds. The van der Waals surface area contributed by atoms with Crippen LogP contribution in [-0.4, -0.2) is 16.3 Å². The second kappa shape index (κ2) is 6.13. The molecule has 0 spiro atoms. The summed E-state index contributed by atoms with van der Waals surface area (Å²) in [4.78, 5) is 4.05. The maximum atomic E-state index is 9.92. The van der Waals surface area contributed by atoms with Crippen molar-refractivity contribution in [1.82, 2.24) is 4.98 Å². The first-order chi connectivity index (χ1) is 11.4. The van der Waals surface area contributed by atoms with Gasteiger partial charge in [-0.3, -0.25) is 4.98 Å². The highest BCUT2D eigenvalue weighted by molar-refractivity contribution is 6.32. The molecule has 0 fully saturated rings. The molecule has 5 heteroatoms. The molecule has 3 rings (SSSR count). The Morgan fingerprint density at radius 1 is 1.12 bits per heavy atom. The number of hydrogen-bond acceptors (Lipinski definition) is 4. The number of nitrogens with one attached hydrogen (secondary N) is 1. The first-order valence-electron chi connectivity index (χ1n) is 7.47. The number of pyridine rings is 1. The summed E-state index contributed by atoms with van der Waals surface area (Å²) in [5.41, 5.74) is 2.01. The van der Waals surface area contributed by atoms with Crippen LogP contribution in [0.2, 0.25) is 5.02 Å². The molecule has 0 radical (unpaired) electrons. The SMILES string of the molecule is CC(C)(C=N)c1cc(-c2ccncc2)c(-c2ccc(Cl)c(O)c2)o1. The molecule has 0 aliphatic heterocycles. The van der Waals surface area contributed by atoms with E-state index in [0.717, 1.165) is 16.7 Å². The van der Waals surface area contributed by atoms with Crippen LogP contribution in [0.1, 0.15) is 19.6 Å². The Labute approximate surface area is 145 Å². The van der Waals surface area contributed by atoms with Crippen molar-refractivity contribution in [3.8, 4) is 28.2 Å². The lowest BCUT2D eigenvalue weighted by Gasteiger charge is -2.14. The Balaban J connectivity index is 2.23. The molecular formula is C19H17ClN2O2. The van der Waals surface area contributed by atoms with E-state index in [4.69, 9.17) is 21.4 Å². The van der Waals surface area contributed by atoms with Crippen molar-refractivity contribution in [2.75, 3.05) is 0 Å². The molecule has 24 heavy (non-hydrogen) atoms. The van der Waals surface area contributed by atoms with E-state index in [2.05, 4.69) is 4.98 Å². The van der Waals surface area contributed by atoms with Gasteiger partial charge in [-0.25, -0.2) is 0 Å². The average molecular weight is 341 g/mol. The molecule has 1 aromatic carbocycles. The predicted molar refractivity (Wildman–Crippen MR) is 95.9 cm³/mol. The van der Waals surface area contributed by atoms with Crippen LogP contribution >= 0.6 is 11.6 Å². The highest BCUT2D eigenvalue weighted by Crippen LogP contribution is 2.40. The number of aromatic nitrogens is 1. The summed E-state index contributed by atoms with van der Waals surface area (Å²) in [6.45, 7) is 3.83. The van der Waals surface area contributed by atoms with E-state index in [1.165, 1.54) is 6.21 Å². The summed E-state index contributed by atoms with van der Waals surface area (Å²) in [5.74, 6) is 1.30. The molecule has 3 aromatic rings. The number of nitrogens with zero attached hydrogens (tertiary/aromatic N) is 1. The molecule has 0 saturated carbocycles. The summed E-state index contributed by atoms with van der Waals surface area (Å²) < 4.78 is 6.08. The minimum Gasteiger partial charge on any atom is -0.506 e. The van der Waals surface area contributed by atoms with Gasteiger partial charge in [-0.05, 0) is 55.8 Å². The van der Waals surface area contributed by atoms with Gasteiger partial charge < -0.3 is 14.9 Å². The van der Waals surface area contributed by atoms with Gasteiger partial charge in [0.2, 0.25) is 0 Å². The van der Waals surface area contributed by atoms with Crippen LogP contribution in [0.25, 0.3) is 22.5 Å². The van der Waals surface area contributed by atoms with Crippen LogP contribution in [0.4, 0.5) is 0 Å². The average Bonchev–Trinajstić information content (AvgIpc) is 3.04. The lowest BCUT2D eigenvalue weighted by molar-refractivity contribution is 0.463. The maximum Gasteiger partial charge on any atom is 0.142 e. The first kappa shape index (κ1) is 16.3. The van der Waals surface area contributed by atoms with Gasteiger partial charge in [0.1, 0.15) is 17.3 Å². The van der Waals surface area contributed by atoms with E-state index in [-0.39, 0.29) is 10.8 Å². The van der Waals surface area contributed by atoms with Gasteiger partial charge >= 0.3 is 0 Å². The van der Waals surface area contributed by atoms with Crippen molar-refractivity contribution in [3.05, 3.63) is 59.6 Å². The number of halogens is 1. The zero-order valence-corrected chi connectivity index (χ0v) is 14.1. The predicted octanol–water partition coefficient (Wildman–Crippen LogP) is 5.29. The third-order valence-electron chi connectivity index (χ3n) is 3.93. The zero-order valence-electron chi connectivity index (χ0n) is 13.4. The van der Waals surface area contributed by atoms with Gasteiger partial charge in [0, 0.05) is 29.7 Å². The van der Waals surface area contributed by atoms with Crippen molar-refractivity contribution in [1.29, 1.82) is 5.41 Å². The summed E-state index contributed by atoms with van der Waals surface area (Å²) in [5, 5.41) is 17.8. The molecule has 0 bridgehead atoms. The van der Waals surface area contributed by atoms with E-state index in [1.807, 2.05) is 32.0 Å². The highest BCUT2D eigenvalue weighted by Gasteiger charge is 2.25. The minimum absolute atomic E-state index is 0.000825. The highest BCUT2D eigenvalue weighted by atomic mass is 35.5. The molecule has 2 heterocycles. The number of hydrogen-bond donors (Lipinski definition) is 2. The van der Waals surface area contributed by atoms with E-state index >= 15 is 0 Å². The Kier molecular flexibility index (Phi) is 4.16. The lowest BCUT2D eigenvalue weighted by atomic mass is 9.91. The van der Waals surface area contributed by atoms with Crippen LogP contribution in [0, 0.1) is 5.41 Å². The molecule has 0 aliphatic carbocycles. The number of benzene rings is 1. The fourth-order valence-corrected chi connectivity index (χ4v) is 2.51. The van der Waals surface area contributed by atoms with Gasteiger partial charge in [-0.1, -0.05) is 11.6 Å². The van der Waals surface area contributed by atoms with Crippen LogP contribution in [0.3, 0.4) is 0 Å². The van der Waals surface area contributed by atoms with Gasteiger partial charge in [0.25, 0.3) is 0 Å². The summed E-state index contributed by atoms with van der Waals surface area (Å²) in [7, 11) is 0. The summed E-state index contributed by atoms with van der Waals surface area (Å²) in [6.07, 6.45) is 4.78. The Bertz CT molecular complexity index is 886. The molecule has 2 N–H and O–H groups in total. The topological polar surface area (TPSA) is 70.1 Å². The maximum absolute atomic E-state index is 9.92. The molecule has 0 atom stereocenters. The monoisotopic (exact) mass is 340 g/mol. The summed E-state index contributed by atoms with van der Waals surface area (Å²) in [6, 6.07) is 10.7. The smallest absolute Gasteiger partial charge is 0.142 e. The first-order valence-corrected chi connectivity index (χ1v) is 7.85. The molecule has 2 aromatic heterocycles. The fourth-order valence-electron chi connectivity index (χ4n) is 2.39. The van der Waals surface area contributed by atoms with Gasteiger partial charge in [-0.2, -0.15) is 0 Å². The van der Waals surface area contributed by atoms with E-state index in [9.17, 15) is 5.11 Å². The third-order valence-corrected chi connectivity index (χ3v) is 4.25. The van der Waals surface area contributed by atoms with Crippen LogP contribution < -0.4 is 0 Å². The van der Waals surface area contributed by atoms with E-state index < -0.39 is 5.41 Å². The fraction of sp³-hybridized carbons (Fsp3) is 0.158. The number of furan rings is 1. The molecule has 0 saturated heterocycles. The number of rotatable bonds is 4. The van der Waals surface area contributed by atoms with Crippen LogP contribution in [0.15, 0.2) is 53.2 Å². The Morgan fingerprint density at radius 2 is 1.83 bits per heavy atom. The number of phenolic OH excluding ortho intramolecular Hbond substituents is 1. The third kappa shape index (κ3) is 2.93. The zero-order chi connectivity index (χ0) is 17.3. The van der Waals surface area contributed by atoms with Crippen LogP contribution in [0.5, 0.6) is 5.75 Å².